The minimum Gasteiger partial charge on any atom is -0.494 e. The molecule has 6 nitrogen and oxygen atoms in total. The average Bonchev–Trinajstić information content (AvgIpc) is 2.98. The summed E-state index contributed by atoms with van der Waals surface area (Å²) in [7, 11) is -2.01. The smallest absolute Gasteiger partial charge is 0.243 e. The van der Waals surface area contributed by atoms with Crippen LogP contribution < -0.4 is 4.74 Å². The second kappa shape index (κ2) is 6.73. The first-order valence-corrected chi connectivity index (χ1v) is 8.15. The van der Waals surface area contributed by atoms with Crippen LogP contribution in [0.25, 0.3) is 0 Å². The number of sulfonamides is 1. The molecular weight excluding hydrogens is 290 g/mol. The molecule has 1 heterocycles. The van der Waals surface area contributed by atoms with Crippen LogP contribution in [-0.4, -0.2) is 36.3 Å². The number of H-pyrrole nitrogens is 1. The Morgan fingerprint density at radius 2 is 2.00 bits per heavy atom. The van der Waals surface area contributed by atoms with Crippen molar-refractivity contribution in [2.75, 3.05) is 13.7 Å². The molecule has 0 saturated heterocycles. The topological polar surface area (TPSA) is 75.3 Å². The molecule has 0 aliphatic rings. The fourth-order valence-corrected chi connectivity index (χ4v) is 2.92. The van der Waals surface area contributed by atoms with Gasteiger partial charge in [-0.1, -0.05) is 6.92 Å². The molecule has 0 atom stereocenters. The van der Waals surface area contributed by atoms with Gasteiger partial charge in [-0.05, 0) is 30.7 Å². The number of benzene rings is 1. The van der Waals surface area contributed by atoms with Crippen LogP contribution in [0.3, 0.4) is 0 Å². The van der Waals surface area contributed by atoms with Crippen LogP contribution in [-0.2, 0) is 16.6 Å². The normalized spacial score (nSPS) is 11.8. The predicted octanol–water partition coefficient (Wildman–Crippen LogP) is 2.02. The van der Waals surface area contributed by atoms with E-state index in [0.29, 0.717) is 18.2 Å². The zero-order chi connectivity index (χ0) is 15.3. The van der Waals surface area contributed by atoms with Crippen molar-refractivity contribution in [3.8, 4) is 5.75 Å². The third-order valence-electron chi connectivity index (χ3n) is 2.93. The third-order valence-corrected chi connectivity index (χ3v) is 4.75. The molecule has 1 aromatic carbocycles. The van der Waals surface area contributed by atoms with Crippen molar-refractivity contribution in [1.29, 1.82) is 0 Å². The number of aromatic nitrogens is 2. The van der Waals surface area contributed by atoms with E-state index in [1.165, 1.54) is 11.4 Å². The number of rotatable bonds is 7. The number of ether oxygens (including phenoxy) is 1. The maximum atomic E-state index is 12.4. The maximum absolute atomic E-state index is 12.4. The van der Waals surface area contributed by atoms with Gasteiger partial charge in [-0.3, -0.25) is 0 Å². The summed E-state index contributed by atoms with van der Waals surface area (Å²) in [6.45, 7) is 2.83. The summed E-state index contributed by atoms with van der Waals surface area (Å²) in [4.78, 5) is 7.15. The van der Waals surface area contributed by atoms with E-state index in [9.17, 15) is 8.42 Å². The van der Waals surface area contributed by atoms with Gasteiger partial charge in [0.1, 0.15) is 11.6 Å². The van der Waals surface area contributed by atoms with Gasteiger partial charge in [0.25, 0.3) is 0 Å². The lowest BCUT2D eigenvalue weighted by Gasteiger charge is -2.16. The first-order chi connectivity index (χ1) is 10.0. The van der Waals surface area contributed by atoms with Gasteiger partial charge in [-0.15, -0.1) is 0 Å². The van der Waals surface area contributed by atoms with Gasteiger partial charge in [-0.2, -0.15) is 4.31 Å². The number of aromatic amines is 1. The van der Waals surface area contributed by atoms with Crippen molar-refractivity contribution in [3.05, 3.63) is 42.5 Å². The van der Waals surface area contributed by atoms with E-state index < -0.39 is 10.0 Å². The van der Waals surface area contributed by atoms with Crippen LogP contribution in [0.15, 0.2) is 41.6 Å². The predicted molar refractivity (Wildman–Crippen MR) is 79.5 cm³/mol. The Labute approximate surface area is 124 Å². The molecule has 114 valence electrons. The molecule has 1 aromatic heterocycles. The molecule has 2 aromatic rings. The molecule has 0 unspecified atom stereocenters. The molecule has 0 bridgehead atoms. The van der Waals surface area contributed by atoms with Crippen molar-refractivity contribution in [3.63, 3.8) is 0 Å². The highest BCUT2D eigenvalue weighted by Gasteiger charge is 2.21. The van der Waals surface area contributed by atoms with Crippen LogP contribution in [0.2, 0.25) is 0 Å². The molecule has 0 aliphatic carbocycles. The zero-order valence-electron chi connectivity index (χ0n) is 12.1. The summed E-state index contributed by atoms with van der Waals surface area (Å²) in [5, 5.41) is 0. The van der Waals surface area contributed by atoms with Gasteiger partial charge >= 0.3 is 0 Å². The molecule has 21 heavy (non-hydrogen) atoms. The first kappa shape index (κ1) is 15.5. The Hall–Kier alpha value is -1.86. The Morgan fingerprint density at radius 1 is 1.29 bits per heavy atom. The molecular formula is C14H19N3O3S. The molecule has 0 aliphatic heterocycles. The van der Waals surface area contributed by atoms with E-state index in [4.69, 9.17) is 4.74 Å². The summed E-state index contributed by atoms with van der Waals surface area (Å²) in [5.74, 6) is 1.27. The molecule has 0 spiro atoms. The summed E-state index contributed by atoms with van der Waals surface area (Å²) in [6.07, 6.45) is 4.16. The molecule has 0 amide bonds. The van der Waals surface area contributed by atoms with Crippen molar-refractivity contribution in [1.82, 2.24) is 14.3 Å². The monoisotopic (exact) mass is 309 g/mol. The molecule has 0 saturated carbocycles. The Morgan fingerprint density at radius 3 is 2.57 bits per heavy atom. The number of nitrogens with zero attached hydrogens (tertiary/aromatic N) is 2. The SMILES string of the molecule is CCCOc1ccc(S(=O)(=O)N(C)Cc2ncc[nH]2)cc1. The van der Waals surface area contributed by atoms with Crippen LogP contribution in [0.5, 0.6) is 5.75 Å². The maximum Gasteiger partial charge on any atom is 0.243 e. The first-order valence-electron chi connectivity index (χ1n) is 6.71. The average molecular weight is 309 g/mol. The van der Waals surface area contributed by atoms with Gasteiger partial charge in [0.15, 0.2) is 0 Å². The summed E-state index contributed by atoms with van der Waals surface area (Å²) >= 11 is 0. The highest BCUT2D eigenvalue weighted by atomic mass is 32.2. The summed E-state index contributed by atoms with van der Waals surface area (Å²) < 4.78 is 31.6. The second-order valence-corrected chi connectivity index (χ2v) is 6.66. The molecule has 2 rings (SSSR count). The van der Waals surface area contributed by atoms with Gasteiger partial charge in [-0.25, -0.2) is 13.4 Å². The number of hydrogen-bond donors (Lipinski definition) is 1. The number of hydrogen-bond acceptors (Lipinski definition) is 4. The number of nitrogens with one attached hydrogen (secondary N) is 1. The van der Waals surface area contributed by atoms with Gasteiger partial charge in [0.05, 0.1) is 18.0 Å². The minimum absolute atomic E-state index is 0.198. The Bertz CT molecular complexity index is 651. The second-order valence-electron chi connectivity index (χ2n) is 4.62. The van der Waals surface area contributed by atoms with Gasteiger partial charge in [0.2, 0.25) is 10.0 Å². The molecule has 7 heteroatoms. The lowest BCUT2D eigenvalue weighted by Crippen LogP contribution is -2.27. The van der Waals surface area contributed by atoms with Crippen LogP contribution in [0.1, 0.15) is 19.2 Å². The van der Waals surface area contributed by atoms with E-state index in [1.54, 1.807) is 36.7 Å². The van der Waals surface area contributed by atoms with Crippen molar-refractivity contribution < 1.29 is 13.2 Å². The molecule has 0 radical (unpaired) electrons. The quantitative estimate of drug-likeness (QED) is 0.849. The minimum atomic E-state index is -3.53. The molecule has 0 fully saturated rings. The lowest BCUT2D eigenvalue weighted by atomic mass is 10.3. The standard InChI is InChI=1S/C14H19N3O3S/c1-3-10-20-12-4-6-13(7-5-12)21(18,19)17(2)11-14-15-8-9-16-14/h4-9H,3,10-11H2,1-2H3,(H,15,16). The van der Waals surface area contributed by atoms with E-state index in [2.05, 4.69) is 9.97 Å². The van der Waals surface area contributed by atoms with E-state index in [1.807, 2.05) is 6.92 Å². The van der Waals surface area contributed by atoms with Crippen molar-refractivity contribution >= 4 is 10.0 Å². The Kier molecular flexibility index (Phi) is 4.98. The summed E-state index contributed by atoms with van der Waals surface area (Å²) in [6, 6.07) is 6.45. The highest BCUT2D eigenvalue weighted by molar-refractivity contribution is 7.89. The molecule has 1 N–H and O–H groups in total. The van der Waals surface area contributed by atoms with E-state index in [-0.39, 0.29) is 11.4 Å². The van der Waals surface area contributed by atoms with Gasteiger partial charge in [0, 0.05) is 19.4 Å². The summed E-state index contributed by atoms with van der Waals surface area (Å²) in [5.41, 5.74) is 0. The van der Waals surface area contributed by atoms with Crippen molar-refractivity contribution in [2.24, 2.45) is 0 Å². The van der Waals surface area contributed by atoms with Crippen LogP contribution in [0, 0.1) is 0 Å². The highest BCUT2D eigenvalue weighted by Crippen LogP contribution is 2.19. The fraction of sp³-hybridized carbons (Fsp3) is 0.357. The fourth-order valence-electron chi connectivity index (χ4n) is 1.79. The Balaban J connectivity index is 2.11. The van der Waals surface area contributed by atoms with Crippen LogP contribution in [0.4, 0.5) is 0 Å². The van der Waals surface area contributed by atoms with Crippen LogP contribution >= 0.6 is 0 Å². The van der Waals surface area contributed by atoms with Crippen molar-refractivity contribution in [2.45, 2.75) is 24.8 Å². The van der Waals surface area contributed by atoms with Gasteiger partial charge < -0.3 is 9.72 Å². The number of imidazole rings is 1. The third kappa shape index (κ3) is 3.83. The largest absolute Gasteiger partial charge is 0.494 e. The zero-order valence-corrected chi connectivity index (χ0v) is 12.9. The van der Waals surface area contributed by atoms with E-state index in [0.717, 1.165) is 6.42 Å². The lowest BCUT2D eigenvalue weighted by molar-refractivity contribution is 0.317. The van der Waals surface area contributed by atoms with E-state index >= 15 is 0 Å².